The molecule has 0 amide bonds. The van der Waals surface area contributed by atoms with Crippen molar-refractivity contribution < 1.29 is 9.47 Å². The van der Waals surface area contributed by atoms with E-state index in [2.05, 4.69) is 38.1 Å². The summed E-state index contributed by atoms with van der Waals surface area (Å²) in [5.41, 5.74) is 1.28. The Morgan fingerprint density at radius 1 is 1.06 bits per heavy atom. The van der Waals surface area contributed by atoms with Gasteiger partial charge in [-0.2, -0.15) is 0 Å². The normalized spacial score (nSPS) is 20.2. The molecule has 2 nitrogen and oxygen atoms in total. The molecule has 0 aromatic heterocycles. The number of benzene rings is 1. The van der Waals surface area contributed by atoms with E-state index in [-0.39, 0.29) is 0 Å². The summed E-state index contributed by atoms with van der Waals surface area (Å²) in [4.78, 5) is 0. The van der Waals surface area contributed by atoms with Crippen LogP contribution in [0.1, 0.15) is 32.3 Å². The van der Waals surface area contributed by atoms with Crippen LogP contribution in [-0.2, 0) is 15.9 Å². The molecule has 2 rings (SSSR count). The highest BCUT2D eigenvalue weighted by Crippen LogP contribution is 2.30. The Kier molecular flexibility index (Phi) is 4.19. The molecule has 0 bridgehead atoms. The zero-order valence-corrected chi connectivity index (χ0v) is 10.8. The van der Waals surface area contributed by atoms with Crippen molar-refractivity contribution in [3.63, 3.8) is 0 Å². The topological polar surface area (TPSA) is 18.5 Å². The predicted octanol–water partition coefficient (Wildman–Crippen LogP) is 3.41. The van der Waals surface area contributed by atoms with Crippen LogP contribution in [0, 0.1) is 5.92 Å². The molecule has 0 spiro atoms. The first kappa shape index (κ1) is 12.6. The Labute approximate surface area is 104 Å². The van der Waals surface area contributed by atoms with Crippen molar-refractivity contribution in [1.82, 2.24) is 0 Å². The van der Waals surface area contributed by atoms with E-state index in [1.54, 1.807) is 0 Å². The van der Waals surface area contributed by atoms with Gasteiger partial charge in [0.05, 0.1) is 13.2 Å². The third-order valence-corrected chi connectivity index (χ3v) is 3.40. The van der Waals surface area contributed by atoms with Gasteiger partial charge in [0, 0.05) is 12.3 Å². The lowest BCUT2D eigenvalue weighted by atomic mass is 9.94. The third-order valence-electron chi connectivity index (χ3n) is 3.40. The van der Waals surface area contributed by atoms with Gasteiger partial charge in [-0.15, -0.1) is 0 Å². The minimum atomic E-state index is -0.433. The second-order valence-corrected chi connectivity index (χ2v) is 5.03. The molecule has 1 heterocycles. The standard InChI is InChI=1S/C15H22O2/c1-13(2)15(16-10-6-7-11-17-15)12-14-8-4-3-5-9-14/h3-5,8-9,13H,6-7,10-12H2,1-2H3. The molecular weight excluding hydrogens is 212 g/mol. The Balaban J connectivity index is 2.16. The van der Waals surface area contributed by atoms with Crippen molar-refractivity contribution in [2.45, 2.75) is 38.9 Å². The van der Waals surface area contributed by atoms with Gasteiger partial charge in [-0.1, -0.05) is 44.2 Å². The van der Waals surface area contributed by atoms with Gasteiger partial charge in [0.25, 0.3) is 0 Å². The maximum Gasteiger partial charge on any atom is 0.174 e. The van der Waals surface area contributed by atoms with E-state index in [1.165, 1.54) is 5.56 Å². The summed E-state index contributed by atoms with van der Waals surface area (Å²) < 4.78 is 12.1. The van der Waals surface area contributed by atoms with Crippen LogP contribution >= 0.6 is 0 Å². The fraction of sp³-hybridized carbons (Fsp3) is 0.600. The molecule has 0 unspecified atom stereocenters. The Bertz CT molecular complexity index is 324. The molecule has 1 fully saturated rings. The Morgan fingerprint density at radius 2 is 1.65 bits per heavy atom. The van der Waals surface area contributed by atoms with E-state index in [0.717, 1.165) is 32.5 Å². The number of ether oxygens (including phenoxy) is 2. The fourth-order valence-corrected chi connectivity index (χ4v) is 2.26. The summed E-state index contributed by atoms with van der Waals surface area (Å²) in [6.45, 7) is 5.97. The maximum atomic E-state index is 6.03. The molecular formula is C15H22O2. The highest BCUT2D eigenvalue weighted by Gasteiger charge is 2.37. The number of rotatable bonds is 3. The van der Waals surface area contributed by atoms with Gasteiger partial charge >= 0.3 is 0 Å². The van der Waals surface area contributed by atoms with Crippen molar-refractivity contribution >= 4 is 0 Å². The highest BCUT2D eigenvalue weighted by molar-refractivity contribution is 5.16. The lowest BCUT2D eigenvalue weighted by molar-refractivity contribution is -0.249. The van der Waals surface area contributed by atoms with E-state index in [9.17, 15) is 0 Å². The van der Waals surface area contributed by atoms with E-state index in [4.69, 9.17) is 9.47 Å². The average molecular weight is 234 g/mol. The van der Waals surface area contributed by atoms with E-state index >= 15 is 0 Å². The molecule has 0 N–H and O–H groups in total. The quantitative estimate of drug-likeness (QED) is 0.798. The molecule has 1 saturated heterocycles. The van der Waals surface area contributed by atoms with Gasteiger partial charge < -0.3 is 9.47 Å². The molecule has 1 aliphatic heterocycles. The lowest BCUT2D eigenvalue weighted by Crippen LogP contribution is -2.43. The van der Waals surface area contributed by atoms with Crippen molar-refractivity contribution in [3.05, 3.63) is 35.9 Å². The summed E-state index contributed by atoms with van der Waals surface area (Å²) >= 11 is 0. The monoisotopic (exact) mass is 234 g/mol. The molecule has 94 valence electrons. The third kappa shape index (κ3) is 3.08. The van der Waals surface area contributed by atoms with Crippen LogP contribution in [0.5, 0.6) is 0 Å². The fourth-order valence-electron chi connectivity index (χ4n) is 2.26. The van der Waals surface area contributed by atoms with Crippen molar-refractivity contribution in [3.8, 4) is 0 Å². The molecule has 1 aromatic carbocycles. The van der Waals surface area contributed by atoms with Gasteiger partial charge in [-0.05, 0) is 18.4 Å². The summed E-state index contributed by atoms with van der Waals surface area (Å²) in [5, 5.41) is 0. The van der Waals surface area contributed by atoms with Gasteiger partial charge in [0.1, 0.15) is 0 Å². The minimum absolute atomic E-state index is 0.362. The summed E-state index contributed by atoms with van der Waals surface area (Å²) in [6, 6.07) is 10.5. The zero-order valence-electron chi connectivity index (χ0n) is 10.8. The molecule has 0 saturated carbocycles. The summed E-state index contributed by atoms with van der Waals surface area (Å²) in [7, 11) is 0. The van der Waals surface area contributed by atoms with Gasteiger partial charge in [-0.25, -0.2) is 0 Å². The Morgan fingerprint density at radius 3 is 2.18 bits per heavy atom. The zero-order chi connectivity index (χ0) is 12.1. The van der Waals surface area contributed by atoms with Crippen LogP contribution in [-0.4, -0.2) is 19.0 Å². The van der Waals surface area contributed by atoms with Gasteiger partial charge in [0.15, 0.2) is 5.79 Å². The van der Waals surface area contributed by atoms with Crippen LogP contribution in [0.25, 0.3) is 0 Å². The van der Waals surface area contributed by atoms with E-state index < -0.39 is 5.79 Å². The Hall–Kier alpha value is -0.860. The molecule has 0 radical (unpaired) electrons. The minimum Gasteiger partial charge on any atom is -0.349 e. The maximum absolute atomic E-state index is 6.03. The second-order valence-electron chi connectivity index (χ2n) is 5.03. The summed E-state index contributed by atoms with van der Waals surface area (Å²) in [5.74, 6) is -0.0708. The van der Waals surface area contributed by atoms with Gasteiger partial charge in [-0.3, -0.25) is 0 Å². The average Bonchev–Trinajstić information content (AvgIpc) is 2.57. The molecule has 2 heteroatoms. The van der Waals surface area contributed by atoms with Crippen molar-refractivity contribution in [2.24, 2.45) is 5.92 Å². The smallest absolute Gasteiger partial charge is 0.174 e. The van der Waals surface area contributed by atoms with Crippen molar-refractivity contribution in [1.29, 1.82) is 0 Å². The van der Waals surface area contributed by atoms with Crippen LogP contribution in [0.2, 0.25) is 0 Å². The first-order valence-corrected chi connectivity index (χ1v) is 6.55. The first-order valence-electron chi connectivity index (χ1n) is 6.55. The van der Waals surface area contributed by atoms with E-state index in [0.29, 0.717) is 5.92 Å². The van der Waals surface area contributed by atoms with E-state index in [1.807, 2.05) is 6.07 Å². The van der Waals surface area contributed by atoms with Crippen LogP contribution in [0.3, 0.4) is 0 Å². The predicted molar refractivity (Wildman–Crippen MR) is 68.9 cm³/mol. The SMILES string of the molecule is CC(C)C1(Cc2ccccc2)OCCCCO1. The molecule has 1 aliphatic rings. The second kappa shape index (κ2) is 5.65. The van der Waals surface area contributed by atoms with Crippen LogP contribution in [0.15, 0.2) is 30.3 Å². The number of hydrogen-bond donors (Lipinski definition) is 0. The molecule has 0 aliphatic carbocycles. The summed E-state index contributed by atoms with van der Waals surface area (Å²) in [6.07, 6.45) is 3.04. The highest BCUT2D eigenvalue weighted by atomic mass is 16.7. The van der Waals surface area contributed by atoms with Crippen LogP contribution < -0.4 is 0 Å². The first-order chi connectivity index (χ1) is 8.23. The number of hydrogen-bond acceptors (Lipinski definition) is 2. The lowest BCUT2D eigenvalue weighted by Gasteiger charge is -2.36. The van der Waals surface area contributed by atoms with Crippen LogP contribution in [0.4, 0.5) is 0 Å². The van der Waals surface area contributed by atoms with Gasteiger partial charge in [0.2, 0.25) is 0 Å². The van der Waals surface area contributed by atoms with Crippen molar-refractivity contribution in [2.75, 3.05) is 13.2 Å². The molecule has 17 heavy (non-hydrogen) atoms. The largest absolute Gasteiger partial charge is 0.349 e. The molecule has 0 atom stereocenters. The molecule has 1 aromatic rings.